The Kier molecular flexibility index (Phi) is 6.14. The van der Waals surface area contributed by atoms with Crippen molar-refractivity contribution < 1.29 is 4.79 Å². The van der Waals surface area contributed by atoms with Gasteiger partial charge in [-0.25, -0.2) is 4.98 Å². The lowest BCUT2D eigenvalue weighted by Gasteiger charge is -2.21. The zero-order valence-electron chi connectivity index (χ0n) is 16.1. The molecule has 2 aromatic heterocycles. The summed E-state index contributed by atoms with van der Waals surface area (Å²) in [7, 11) is 4.05. The number of aromatic nitrogens is 3. The molecule has 0 saturated heterocycles. The van der Waals surface area contributed by atoms with E-state index in [1.807, 2.05) is 40.1 Å². The van der Waals surface area contributed by atoms with Gasteiger partial charge in [0.2, 0.25) is 0 Å². The topological polar surface area (TPSA) is 54.3 Å². The van der Waals surface area contributed by atoms with Gasteiger partial charge in [0, 0.05) is 19.3 Å². The molecule has 144 valence electrons. The standard InChI is InChI=1S/C19H24ClN5OS/c1-5-25-15(9-10-21-25)18(26)24(12-6-11-23(3)4)19-22-16-13(2)7-8-14(20)17(16)27-19/h7-10H,5-6,11-12H2,1-4H3. The van der Waals surface area contributed by atoms with Gasteiger partial charge in [0.15, 0.2) is 5.13 Å². The second kappa shape index (κ2) is 8.37. The summed E-state index contributed by atoms with van der Waals surface area (Å²) in [6.07, 6.45) is 2.51. The fourth-order valence-corrected chi connectivity index (χ4v) is 4.28. The minimum Gasteiger partial charge on any atom is -0.309 e. The molecule has 3 rings (SSSR count). The molecule has 8 heteroatoms. The van der Waals surface area contributed by atoms with E-state index in [4.69, 9.17) is 16.6 Å². The number of rotatable bonds is 7. The Morgan fingerprint density at radius 1 is 1.26 bits per heavy atom. The number of nitrogens with zero attached hydrogens (tertiary/aromatic N) is 5. The smallest absolute Gasteiger partial charge is 0.278 e. The minimum atomic E-state index is -0.0825. The maximum absolute atomic E-state index is 13.3. The molecule has 6 nitrogen and oxygen atoms in total. The number of aryl methyl sites for hydroxylation is 2. The van der Waals surface area contributed by atoms with Crippen LogP contribution < -0.4 is 4.90 Å². The lowest BCUT2D eigenvalue weighted by Crippen LogP contribution is -2.34. The van der Waals surface area contributed by atoms with Gasteiger partial charge >= 0.3 is 0 Å². The van der Waals surface area contributed by atoms with Crippen molar-refractivity contribution in [2.45, 2.75) is 26.8 Å². The van der Waals surface area contributed by atoms with E-state index < -0.39 is 0 Å². The Morgan fingerprint density at radius 3 is 2.70 bits per heavy atom. The van der Waals surface area contributed by atoms with Crippen molar-refractivity contribution in [3.63, 3.8) is 0 Å². The molecular formula is C19H24ClN5OS. The molecular weight excluding hydrogens is 382 g/mol. The van der Waals surface area contributed by atoms with Crippen LogP contribution in [0.25, 0.3) is 10.2 Å². The Labute approximate surface area is 168 Å². The second-order valence-electron chi connectivity index (χ2n) is 6.68. The summed E-state index contributed by atoms with van der Waals surface area (Å²) in [5, 5.41) is 5.57. The Morgan fingerprint density at radius 2 is 2.04 bits per heavy atom. The molecule has 0 spiro atoms. The Balaban J connectivity index is 2.00. The molecule has 1 aromatic carbocycles. The van der Waals surface area contributed by atoms with Gasteiger partial charge in [-0.3, -0.25) is 14.4 Å². The summed E-state index contributed by atoms with van der Waals surface area (Å²) < 4.78 is 2.63. The van der Waals surface area contributed by atoms with Crippen LogP contribution in [0.5, 0.6) is 0 Å². The van der Waals surface area contributed by atoms with Crippen LogP contribution >= 0.6 is 22.9 Å². The largest absolute Gasteiger partial charge is 0.309 e. The number of thiazole rings is 1. The highest BCUT2D eigenvalue weighted by Gasteiger charge is 2.24. The number of halogens is 1. The van der Waals surface area contributed by atoms with Crippen molar-refractivity contribution in [2.75, 3.05) is 32.1 Å². The highest BCUT2D eigenvalue weighted by atomic mass is 35.5. The highest BCUT2D eigenvalue weighted by Crippen LogP contribution is 2.36. The van der Waals surface area contributed by atoms with Gasteiger partial charge < -0.3 is 4.90 Å². The van der Waals surface area contributed by atoms with Crippen LogP contribution in [0.4, 0.5) is 5.13 Å². The van der Waals surface area contributed by atoms with Crippen LogP contribution in [0.1, 0.15) is 29.4 Å². The molecule has 0 unspecified atom stereocenters. The Hall–Kier alpha value is -1.96. The predicted octanol–water partition coefficient (Wildman–Crippen LogP) is 4.07. The second-order valence-corrected chi connectivity index (χ2v) is 8.07. The normalized spacial score (nSPS) is 11.5. The summed E-state index contributed by atoms with van der Waals surface area (Å²) in [5.74, 6) is -0.0825. The summed E-state index contributed by atoms with van der Waals surface area (Å²) in [6.45, 7) is 6.10. The van der Waals surface area contributed by atoms with Gasteiger partial charge in [0.25, 0.3) is 5.91 Å². The van der Waals surface area contributed by atoms with Crippen LogP contribution in [0, 0.1) is 6.92 Å². The van der Waals surface area contributed by atoms with E-state index >= 15 is 0 Å². The van der Waals surface area contributed by atoms with Gasteiger partial charge in [-0.2, -0.15) is 5.10 Å². The highest BCUT2D eigenvalue weighted by molar-refractivity contribution is 7.23. The average Bonchev–Trinajstić information content (AvgIpc) is 3.28. The molecule has 0 bridgehead atoms. The molecule has 0 fully saturated rings. The molecule has 0 aliphatic heterocycles. The fraction of sp³-hybridized carbons (Fsp3) is 0.421. The van der Waals surface area contributed by atoms with Gasteiger partial charge in [-0.15, -0.1) is 0 Å². The lowest BCUT2D eigenvalue weighted by molar-refractivity contribution is 0.0975. The minimum absolute atomic E-state index is 0.0825. The SMILES string of the molecule is CCn1nccc1C(=O)N(CCCN(C)C)c1nc2c(C)ccc(Cl)c2s1. The van der Waals surface area contributed by atoms with Crippen LogP contribution in [0.15, 0.2) is 24.4 Å². The third-order valence-corrected chi connectivity index (χ3v) is 5.92. The molecule has 0 radical (unpaired) electrons. The molecule has 3 aromatic rings. The van der Waals surface area contributed by atoms with Crippen molar-refractivity contribution >= 4 is 44.2 Å². The average molecular weight is 406 g/mol. The van der Waals surface area contributed by atoms with Gasteiger partial charge in [-0.1, -0.05) is 29.0 Å². The molecule has 0 aliphatic carbocycles. The van der Waals surface area contributed by atoms with Gasteiger partial charge in [0.05, 0.1) is 15.2 Å². The van der Waals surface area contributed by atoms with Crippen LogP contribution in [0.2, 0.25) is 5.02 Å². The number of carbonyl (C=O) groups excluding carboxylic acids is 1. The first-order valence-corrected chi connectivity index (χ1v) is 10.2. The van der Waals surface area contributed by atoms with Crippen molar-refractivity contribution in [2.24, 2.45) is 0 Å². The molecule has 0 aliphatic rings. The number of hydrogen-bond donors (Lipinski definition) is 0. The molecule has 0 N–H and O–H groups in total. The van der Waals surface area contributed by atoms with Crippen LogP contribution in [-0.2, 0) is 6.54 Å². The number of fused-ring (bicyclic) bond motifs is 1. The Bertz CT molecular complexity index is 910. The number of anilines is 1. The maximum atomic E-state index is 13.3. The van der Waals surface area contributed by atoms with E-state index in [0.717, 1.165) is 28.7 Å². The van der Waals surface area contributed by atoms with Crippen molar-refractivity contribution in [1.82, 2.24) is 19.7 Å². The van der Waals surface area contributed by atoms with Crippen molar-refractivity contribution in [3.05, 3.63) is 40.7 Å². The number of benzene rings is 1. The summed E-state index contributed by atoms with van der Waals surface area (Å²) in [4.78, 5) is 21.9. The van der Waals surface area contributed by atoms with Gasteiger partial charge in [0.1, 0.15) is 5.69 Å². The lowest BCUT2D eigenvalue weighted by atomic mass is 10.2. The number of carbonyl (C=O) groups is 1. The first-order chi connectivity index (χ1) is 12.9. The summed E-state index contributed by atoms with van der Waals surface area (Å²) in [5.41, 5.74) is 2.48. The first-order valence-electron chi connectivity index (χ1n) is 8.96. The van der Waals surface area contributed by atoms with Gasteiger partial charge in [-0.05, 0) is 58.6 Å². The molecule has 1 amide bonds. The number of hydrogen-bond acceptors (Lipinski definition) is 5. The van der Waals surface area contributed by atoms with Crippen molar-refractivity contribution in [3.8, 4) is 0 Å². The third kappa shape index (κ3) is 4.15. The van der Waals surface area contributed by atoms with E-state index in [2.05, 4.69) is 10.00 Å². The monoisotopic (exact) mass is 405 g/mol. The van der Waals surface area contributed by atoms with E-state index in [9.17, 15) is 4.79 Å². The van der Waals surface area contributed by atoms with E-state index in [0.29, 0.717) is 28.9 Å². The maximum Gasteiger partial charge on any atom is 0.278 e. The van der Waals surface area contributed by atoms with Crippen molar-refractivity contribution in [1.29, 1.82) is 0 Å². The van der Waals surface area contributed by atoms with E-state index in [1.54, 1.807) is 21.8 Å². The van der Waals surface area contributed by atoms with Crippen LogP contribution in [0.3, 0.4) is 0 Å². The van der Waals surface area contributed by atoms with E-state index in [-0.39, 0.29) is 5.91 Å². The zero-order valence-corrected chi connectivity index (χ0v) is 17.6. The number of amides is 1. The first kappa shape index (κ1) is 19.8. The third-order valence-electron chi connectivity index (χ3n) is 4.38. The molecule has 0 atom stereocenters. The molecule has 2 heterocycles. The van der Waals surface area contributed by atoms with Crippen LogP contribution in [-0.4, -0.2) is 52.8 Å². The van der Waals surface area contributed by atoms with E-state index in [1.165, 1.54) is 11.3 Å². The summed E-state index contributed by atoms with van der Waals surface area (Å²) in [6, 6.07) is 5.60. The molecule has 27 heavy (non-hydrogen) atoms. The predicted molar refractivity (Wildman–Crippen MR) is 112 cm³/mol. The zero-order chi connectivity index (χ0) is 19.6. The fourth-order valence-electron chi connectivity index (χ4n) is 2.94. The quantitative estimate of drug-likeness (QED) is 0.594. The summed E-state index contributed by atoms with van der Waals surface area (Å²) >= 11 is 7.83. The molecule has 0 saturated carbocycles.